The molecule has 5 atom stereocenters. The molecule has 0 radical (unpaired) electrons. The molecule has 2 saturated heterocycles. The van der Waals surface area contributed by atoms with Crippen molar-refractivity contribution in [1.82, 2.24) is 4.90 Å². The highest BCUT2D eigenvalue weighted by atomic mass is 35.5. The molecular formula is C25H23ClN2O3. The molecule has 3 heterocycles. The largest absolute Gasteiger partial charge is 0.352 e. The van der Waals surface area contributed by atoms with Crippen LogP contribution in [0.25, 0.3) is 6.08 Å². The summed E-state index contributed by atoms with van der Waals surface area (Å²) < 4.78 is 0. The Balaban J connectivity index is 1.66. The molecule has 2 aromatic carbocycles. The first-order chi connectivity index (χ1) is 14.9. The summed E-state index contributed by atoms with van der Waals surface area (Å²) in [5, 5.41) is 0.599. The number of ketones is 1. The average molecular weight is 435 g/mol. The number of nitrogens with zero attached hydrogens (tertiary/aromatic N) is 2. The van der Waals surface area contributed by atoms with Crippen molar-refractivity contribution in [2.24, 2.45) is 11.8 Å². The first-order valence-corrected chi connectivity index (χ1v) is 11.0. The topological polar surface area (TPSA) is 57.7 Å². The van der Waals surface area contributed by atoms with Crippen molar-refractivity contribution in [3.8, 4) is 0 Å². The van der Waals surface area contributed by atoms with Gasteiger partial charge in [-0.25, -0.2) is 0 Å². The number of fused-ring (bicyclic) bond motifs is 5. The van der Waals surface area contributed by atoms with Crippen LogP contribution in [0.2, 0.25) is 5.02 Å². The Labute approximate surface area is 186 Å². The van der Waals surface area contributed by atoms with E-state index in [0.29, 0.717) is 17.0 Å². The summed E-state index contributed by atoms with van der Waals surface area (Å²) in [5.74, 6) is -1.83. The summed E-state index contributed by atoms with van der Waals surface area (Å²) >= 11 is 6.19. The van der Waals surface area contributed by atoms with E-state index in [2.05, 4.69) is 0 Å². The number of likely N-dealkylation sites (tertiary alicyclic amines) is 1. The SMILES string of the molecule is CC[C@H](C)N1C(=O)[C@@H]2[C@@H](C1=O)[C@@H]1C=Cc3cc(Cl)ccc3N1[C@@H]2C(=O)c1ccccc1. The third kappa shape index (κ3) is 2.87. The molecule has 0 saturated carbocycles. The zero-order chi connectivity index (χ0) is 21.9. The highest BCUT2D eigenvalue weighted by Gasteiger charge is 2.64. The van der Waals surface area contributed by atoms with Gasteiger partial charge in [0, 0.05) is 22.3 Å². The Hall–Kier alpha value is -2.92. The Morgan fingerprint density at radius 3 is 2.48 bits per heavy atom. The summed E-state index contributed by atoms with van der Waals surface area (Å²) in [6.45, 7) is 3.84. The first-order valence-electron chi connectivity index (χ1n) is 10.7. The van der Waals surface area contributed by atoms with E-state index < -0.39 is 17.9 Å². The molecule has 0 aliphatic carbocycles. The lowest BCUT2D eigenvalue weighted by atomic mass is 9.86. The van der Waals surface area contributed by atoms with Crippen LogP contribution in [-0.2, 0) is 9.59 Å². The number of amides is 2. The molecule has 6 heteroatoms. The Kier molecular flexibility index (Phi) is 4.74. The quantitative estimate of drug-likeness (QED) is 0.534. The lowest BCUT2D eigenvalue weighted by molar-refractivity contribution is -0.142. The van der Waals surface area contributed by atoms with E-state index in [1.54, 1.807) is 18.2 Å². The van der Waals surface area contributed by atoms with Crippen molar-refractivity contribution in [1.29, 1.82) is 0 Å². The van der Waals surface area contributed by atoms with Crippen LogP contribution in [0.5, 0.6) is 0 Å². The Morgan fingerprint density at radius 1 is 1.06 bits per heavy atom. The van der Waals surface area contributed by atoms with Crippen molar-refractivity contribution < 1.29 is 14.4 Å². The molecule has 158 valence electrons. The molecule has 0 N–H and O–H groups in total. The molecule has 2 fully saturated rings. The van der Waals surface area contributed by atoms with Crippen LogP contribution >= 0.6 is 11.6 Å². The molecule has 31 heavy (non-hydrogen) atoms. The standard InChI is InChI=1S/C25H23ClN2O3/c1-3-14(2)27-24(30)20-19-11-9-16-13-17(26)10-12-18(16)28(19)22(21(20)25(27)31)23(29)15-7-5-4-6-8-15/h4-14,19-22H,3H2,1-2H3/t14-,19-,20-,21+,22-/m0/s1. The number of hydrogen-bond acceptors (Lipinski definition) is 4. The number of carbonyl (C=O) groups is 3. The van der Waals surface area contributed by atoms with E-state index in [0.717, 1.165) is 11.3 Å². The molecular weight excluding hydrogens is 412 g/mol. The zero-order valence-corrected chi connectivity index (χ0v) is 18.1. The van der Waals surface area contributed by atoms with Crippen molar-refractivity contribution in [3.05, 3.63) is 70.8 Å². The van der Waals surface area contributed by atoms with Crippen LogP contribution in [-0.4, -0.2) is 40.6 Å². The van der Waals surface area contributed by atoms with E-state index in [1.165, 1.54) is 4.90 Å². The predicted molar refractivity (Wildman–Crippen MR) is 120 cm³/mol. The van der Waals surface area contributed by atoms with Crippen molar-refractivity contribution in [2.75, 3.05) is 4.90 Å². The molecule has 3 aliphatic heterocycles. The van der Waals surface area contributed by atoms with Gasteiger partial charge < -0.3 is 4.90 Å². The van der Waals surface area contributed by atoms with E-state index in [-0.39, 0.29) is 29.7 Å². The van der Waals surface area contributed by atoms with Gasteiger partial charge in [0.15, 0.2) is 5.78 Å². The van der Waals surface area contributed by atoms with Gasteiger partial charge in [0.1, 0.15) is 6.04 Å². The van der Waals surface area contributed by atoms with Gasteiger partial charge in [-0.15, -0.1) is 0 Å². The third-order valence-corrected chi connectivity index (χ3v) is 7.10. The Bertz CT molecular complexity index is 1110. The number of halogens is 1. The highest BCUT2D eigenvalue weighted by Crippen LogP contribution is 2.49. The second-order valence-electron chi connectivity index (χ2n) is 8.49. The van der Waals surface area contributed by atoms with Crippen molar-refractivity contribution in [3.63, 3.8) is 0 Å². The molecule has 0 aromatic heterocycles. The number of hydrogen-bond donors (Lipinski definition) is 0. The van der Waals surface area contributed by atoms with Crippen LogP contribution < -0.4 is 4.90 Å². The van der Waals surface area contributed by atoms with E-state index in [9.17, 15) is 14.4 Å². The number of Topliss-reactive ketones (excluding diaryl/α,β-unsaturated/α-hetero) is 1. The normalized spacial score (nSPS) is 27.2. The summed E-state index contributed by atoms with van der Waals surface area (Å²) in [6, 6.07) is 13.2. The lowest BCUT2D eigenvalue weighted by Crippen LogP contribution is -2.50. The molecule has 0 bridgehead atoms. The highest BCUT2D eigenvalue weighted by molar-refractivity contribution is 6.30. The smallest absolute Gasteiger partial charge is 0.236 e. The minimum absolute atomic E-state index is 0.138. The van der Waals surface area contributed by atoms with Gasteiger partial charge in [0.05, 0.1) is 17.9 Å². The van der Waals surface area contributed by atoms with Crippen LogP contribution in [0.1, 0.15) is 36.2 Å². The number of imide groups is 1. The van der Waals surface area contributed by atoms with Gasteiger partial charge in [-0.3, -0.25) is 19.3 Å². The molecule has 5 rings (SSSR count). The molecule has 0 spiro atoms. The third-order valence-electron chi connectivity index (χ3n) is 6.86. The fraction of sp³-hybridized carbons (Fsp3) is 0.320. The molecule has 2 amide bonds. The van der Waals surface area contributed by atoms with Gasteiger partial charge in [0.2, 0.25) is 11.8 Å². The fourth-order valence-corrected chi connectivity index (χ4v) is 5.44. The van der Waals surface area contributed by atoms with Crippen molar-refractivity contribution in [2.45, 2.75) is 38.4 Å². The number of rotatable bonds is 4. The van der Waals surface area contributed by atoms with Gasteiger partial charge >= 0.3 is 0 Å². The maximum absolute atomic E-state index is 13.7. The zero-order valence-electron chi connectivity index (χ0n) is 17.4. The maximum atomic E-state index is 13.7. The van der Waals surface area contributed by atoms with Gasteiger partial charge in [-0.05, 0) is 37.1 Å². The number of benzene rings is 2. The van der Waals surface area contributed by atoms with Crippen LogP contribution in [0.3, 0.4) is 0 Å². The summed E-state index contributed by atoms with van der Waals surface area (Å²) in [6.07, 6.45) is 4.57. The fourth-order valence-electron chi connectivity index (χ4n) is 5.26. The number of anilines is 1. The van der Waals surface area contributed by atoms with E-state index in [4.69, 9.17) is 11.6 Å². The number of carbonyl (C=O) groups excluding carboxylic acids is 3. The molecule has 2 aromatic rings. The maximum Gasteiger partial charge on any atom is 0.236 e. The minimum Gasteiger partial charge on any atom is -0.352 e. The second-order valence-corrected chi connectivity index (χ2v) is 8.93. The summed E-state index contributed by atoms with van der Waals surface area (Å²) in [5.41, 5.74) is 2.25. The van der Waals surface area contributed by atoms with Crippen molar-refractivity contribution >= 4 is 41.0 Å². The van der Waals surface area contributed by atoms with E-state index in [1.807, 2.05) is 61.2 Å². The minimum atomic E-state index is -0.743. The van der Waals surface area contributed by atoms with E-state index >= 15 is 0 Å². The van der Waals surface area contributed by atoms with Gasteiger partial charge in [-0.2, -0.15) is 0 Å². The molecule has 0 unspecified atom stereocenters. The lowest BCUT2D eigenvalue weighted by Gasteiger charge is -2.37. The second kappa shape index (κ2) is 7.34. The van der Waals surface area contributed by atoms with Crippen LogP contribution in [0.15, 0.2) is 54.6 Å². The van der Waals surface area contributed by atoms with Gasteiger partial charge in [-0.1, -0.05) is 61.0 Å². The van der Waals surface area contributed by atoms with Crippen LogP contribution in [0, 0.1) is 11.8 Å². The predicted octanol–water partition coefficient (Wildman–Crippen LogP) is 4.21. The summed E-state index contributed by atoms with van der Waals surface area (Å²) in [4.78, 5) is 44.1. The monoisotopic (exact) mass is 434 g/mol. The Morgan fingerprint density at radius 2 is 1.77 bits per heavy atom. The molecule has 3 aliphatic rings. The molecule has 5 nitrogen and oxygen atoms in total. The van der Waals surface area contributed by atoms with Gasteiger partial charge in [0.25, 0.3) is 0 Å². The summed E-state index contributed by atoms with van der Waals surface area (Å²) in [7, 11) is 0. The van der Waals surface area contributed by atoms with Crippen LogP contribution in [0.4, 0.5) is 5.69 Å². The first kappa shape index (κ1) is 20.0. The average Bonchev–Trinajstić information content (AvgIpc) is 3.26.